The molecule has 1 heterocycles. The molecule has 1 aliphatic rings. The van der Waals surface area contributed by atoms with Crippen LogP contribution in [-0.2, 0) is 4.74 Å². The van der Waals surface area contributed by atoms with Gasteiger partial charge in [-0.2, -0.15) is 0 Å². The van der Waals surface area contributed by atoms with E-state index in [2.05, 4.69) is 24.1 Å². The molecule has 0 unspecified atom stereocenters. The van der Waals surface area contributed by atoms with Gasteiger partial charge in [0.25, 0.3) is 0 Å². The number of likely N-dealkylation sites (tertiary alicyclic amines) is 1. The highest BCUT2D eigenvalue weighted by Crippen LogP contribution is 2.11. The molecule has 0 spiro atoms. The van der Waals surface area contributed by atoms with Crippen LogP contribution in [0.3, 0.4) is 0 Å². The first-order chi connectivity index (χ1) is 8.14. The number of methoxy groups -OCH3 is 1. The summed E-state index contributed by atoms with van der Waals surface area (Å²) in [6.45, 7) is 10.4. The number of nitrogens with zero attached hydrogens (tertiary/aromatic N) is 1. The molecule has 3 nitrogen and oxygen atoms in total. The maximum atomic E-state index is 5.39. The SMILES string of the molecule is COC(C)(C)CCNCCCN1CCCCC1. The molecule has 17 heavy (non-hydrogen) atoms. The van der Waals surface area contributed by atoms with Gasteiger partial charge in [0.15, 0.2) is 0 Å². The van der Waals surface area contributed by atoms with Crippen molar-refractivity contribution in [3.05, 3.63) is 0 Å². The Kier molecular flexibility index (Phi) is 7.09. The number of rotatable bonds is 8. The van der Waals surface area contributed by atoms with Crippen molar-refractivity contribution in [3.63, 3.8) is 0 Å². The Balaban J connectivity index is 1.90. The summed E-state index contributed by atoms with van der Waals surface area (Å²) in [4.78, 5) is 2.60. The average molecular weight is 242 g/mol. The van der Waals surface area contributed by atoms with Crippen LogP contribution in [0.1, 0.15) is 46.0 Å². The zero-order valence-electron chi connectivity index (χ0n) is 11.9. The van der Waals surface area contributed by atoms with Crippen LogP contribution in [0.25, 0.3) is 0 Å². The van der Waals surface area contributed by atoms with E-state index in [0.29, 0.717) is 0 Å². The van der Waals surface area contributed by atoms with E-state index in [0.717, 1.165) is 19.5 Å². The third kappa shape index (κ3) is 7.02. The van der Waals surface area contributed by atoms with Crippen molar-refractivity contribution in [2.45, 2.75) is 51.6 Å². The molecule has 0 aliphatic carbocycles. The van der Waals surface area contributed by atoms with Gasteiger partial charge < -0.3 is 15.0 Å². The van der Waals surface area contributed by atoms with E-state index in [1.165, 1.54) is 45.3 Å². The highest BCUT2D eigenvalue weighted by atomic mass is 16.5. The molecule has 0 amide bonds. The first-order valence-corrected chi connectivity index (χ1v) is 7.12. The van der Waals surface area contributed by atoms with Gasteiger partial charge in [-0.05, 0) is 72.3 Å². The highest BCUT2D eigenvalue weighted by Gasteiger charge is 2.15. The van der Waals surface area contributed by atoms with Crippen molar-refractivity contribution < 1.29 is 4.74 Å². The quantitative estimate of drug-likeness (QED) is 0.661. The largest absolute Gasteiger partial charge is 0.379 e. The van der Waals surface area contributed by atoms with Gasteiger partial charge in [-0.1, -0.05) is 6.42 Å². The number of hydrogen-bond donors (Lipinski definition) is 1. The van der Waals surface area contributed by atoms with Crippen molar-refractivity contribution in [3.8, 4) is 0 Å². The standard InChI is InChI=1S/C14H30N2O/c1-14(2,17-3)8-10-15-9-7-13-16-11-5-4-6-12-16/h15H,4-13H2,1-3H3. The van der Waals surface area contributed by atoms with Crippen LogP contribution in [0.4, 0.5) is 0 Å². The van der Waals surface area contributed by atoms with E-state index < -0.39 is 0 Å². The summed E-state index contributed by atoms with van der Waals surface area (Å²) in [5.41, 5.74) is 0.0138. The molecule has 0 saturated carbocycles. The maximum Gasteiger partial charge on any atom is 0.0634 e. The second kappa shape index (κ2) is 8.06. The van der Waals surface area contributed by atoms with E-state index in [4.69, 9.17) is 4.74 Å². The van der Waals surface area contributed by atoms with Gasteiger partial charge in [0.05, 0.1) is 5.60 Å². The van der Waals surface area contributed by atoms with Gasteiger partial charge in [0.2, 0.25) is 0 Å². The fourth-order valence-electron chi connectivity index (χ4n) is 2.23. The molecular weight excluding hydrogens is 212 g/mol. The zero-order chi connectivity index (χ0) is 12.6. The van der Waals surface area contributed by atoms with Crippen LogP contribution in [0.5, 0.6) is 0 Å². The smallest absolute Gasteiger partial charge is 0.0634 e. The lowest BCUT2D eigenvalue weighted by Gasteiger charge is -2.26. The molecule has 1 aliphatic heterocycles. The van der Waals surface area contributed by atoms with Gasteiger partial charge in [-0.15, -0.1) is 0 Å². The van der Waals surface area contributed by atoms with E-state index in [1.807, 2.05) is 0 Å². The Morgan fingerprint density at radius 3 is 2.47 bits per heavy atom. The van der Waals surface area contributed by atoms with Gasteiger partial charge in [0, 0.05) is 7.11 Å². The van der Waals surface area contributed by atoms with Crippen LogP contribution in [-0.4, -0.2) is 50.3 Å². The summed E-state index contributed by atoms with van der Waals surface area (Å²) in [5, 5.41) is 3.51. The maximum absolute atomic E-state index is 5.39. The summed E-state index contributed by atoms with van der Waals surface area (Å²) >= 11 is 0. The van der Waals surface area contributed by atoms with E-state index in [-0.39, 0.29) is 5.60 Å². The Morgan fingerprint density at radius 1 is 1.12 bits per heavy atom. The van der Waals surface area contributed by atoms with Gasteiger partial charge in [-0.3, -0.25) is 0 Å². The minimum atomic E-state index is 0.0138. The van der Waals surface area contributed by atoms with Crippen molar-refractivity contribution in [1.82, 2.24) is 10.2 Å². The first kappa shape index (κ1) is 14.9. The lowest BCUT2D eigenvalue weighted by molar-refractivity contribution is 0.0159. The molecule has 1 rings (SSSR count). The fourth-order valence-corrected chi connectivity index (χ4v) is 2.23. The second-order valence-corrected chi connectivity index (χ2v) is 5.72. The molecule has 0 aromatic carbocycles. The van der Waals surface area contributed by atoms with Crippen molar-refractivity contribution >= 4 is 0 Å². The molecule has 1 fully saturated rings. The molecule has 0 bridgehead atoms. The van der Waals surface area contributed by atoms with Crippen LogP contribution in [0, 0.1) is 0 Å². The molecule has 0 atom stereocenters. The molecule has 0 aromatic heterocycles. The van der Waals surface area contributed by atoms with Gasteiger partial charge in [-0.25, -0.2) is 0 Å². The van der Waals surface area contributed by atoms with Crippen molar-refractivity contribution in [2.24, 2.45) is 0 Å². The number of ether oxygens (including phenoxy) is 1. The zero-order valence-corrected chi connectivity index (χ0v) is 11.9. The summed E-state index contributed by atoms with van der Waals surface area (Å²) in [6.07, 6.45) is 6.58. The Bertz CT molecular complexity index is 189. The van der Waals surface area contributed by atoms with Crippen molar-refractivity contribution in [1.29, 1.82) is 0 Å². The third-order valence-corrected chi connectivity index (χ3v) is 3.73. The van der Waals surface area contributed by atoms with Gasteiger partial charge in [0.1, 0.15) is 0 Å². The van der Waals surface area contributed by atoms with Crippen LogP contribution < -0.4 is 5.32 Å². The second-order valence-electron chi connectivity index (χ2n) is 5.72. The Hall–Kier alpha value is -0.120. The minimum Gasteiger partial charge on any atom is -0.379 e. The highest BCUT2D eigenvalue weighted by molar-refractivity contribution is 4.69. The first-order valence-electron chi connectivity index (χ1n) is 7.12. The monoisotopic (exact) mass is 242 g/mol. The Labute approximate surface area is 107 Å². The number of nitrogens with one attached hydrogen (secondary N) is 1. The molecule has 3 heteroatoms. The molecule has 0 radical (unpaired) electrons. The number of hydrogen-bond acceptors (Lipinski definition) is 3. The van der Waals surface area contributed by atoms with Gasteiger partial charge >= 0.3 is 0 Å². The predicted octanol–water partition coefficient (Wildman–Crippen LogP) is 2.27. The predicted molar refractivity (Wildman–Crippen MR) is 73.5 cm³/mol. The third-order valence-electron chi connectivity index (χ3n) is 3.73. The van der Waals surface area contributed by atoms with E-state index >= 15 is 0 Å². The Morgan fingerprint density at radius 2 is 1.82 bits per heavy atom. The lowest BCUT2D eigenvalue weighted by atomic mass is 10.1. The van der Waals surface area contributed by atoms with Crippen LogP contribution in [0.15, 0.2) is 0 Å². The minimum absolute atomic E-state index is 0.0138. The molecule has 1 N–H and O–H groups in total. The molecule has 0 aromatic rings. The summed E-state index contributed by atoms with van der Waals surface area (Å²) in [5.74, 6) is 0. The molecular formula is C14H30N2O. The fraction of sp³-hybridized carbons (Fsp3) is 1.00. The van der Waals surface area contributed by atoms with E-state index in [1.54, 1.807) is 7.11 Å². The van der Waals surface area contributed by atoms with E-state index in [9.17, 15) is 0 Å². The summed E-state index contributed by atoms with van der Waals surface area (Å²) < 4.78 is 5.39. The number of piperidine rings is 1. The van der Waals surface area contributed by atoms with Crippen LogP contribution in [0.2, 0.25) is 0 Å². The normalized spacial score (nSPS) is 18.5. The average Bonchev–Trinajstić information content (AvgIpc) is 2.35. The summed E-state index contributed by atoms with van der Waals surface area (Å²) in [7, 11) is 1.79. The molecule has 102 valence electrons. The summed E-state index contributed by atoms with van der Waals surface area (Å²) in [6, 6.07) is 0. The van der Waals surface area contributed by atoms with Crippen LogP contribution >= 0.6 is 0 Å². The topological polar surface area (TPSA) is 24.5 Å². The molecule has 1 saturated heterocycles. The lowest BCUT2D eigenvalue weighted by Crippen LogP contribution is -2.33. The van der Waals surface area contributed by atoms with Crippen molar-refractivity contribution in [2.75, 3.05) is 39.8 Å².